The predicted octanol–water partition coefficient (Wildman–Crippen LogP) is 1.70. The van der Waals surface area contributed by atoms with Crippen molar-refractivity contribution in [3.63, 3.8) is 0 Å². The van der Waals surface area contributed by atoms with Crippen LogP contribution in [0.3, 0.4) is 0 Å². The van der Waals surface area contributed by atoms with Crippen LogP contribution in [0.4, 0.5) is 20.6 Å². The highest BCUT2D eigenvalue weighted by molar-refractivity contribution is 5.90. The van der Waals surface area contributed by atoms with Crippen molar-refractivity contribution in [1.82, 2.24) is 20.3 Å². The minimum absolute atomic E-state index is 0.167. The molecule has 0 saturated carbocycles. The fraction of sp³-hybridized carbons (Fsp3) is 0.476. The highest BCUT2D eigenvalue weighted by Crippen LogP contribution is 2.31. The number of nitrogens with one attached hydrogen (secondary N) is 1. The van der Waals surface area contributed by atoms with Gasteiger partial charge in [0.2, 0.25) is 5.91 Å². The molecule has 0 bridgehead atoms. The molecule has 11 nitrogen and oxygen atoms in total. The van der Waals surface area contributed by atoms with Gasteiger partial charge in [-0.1, -0.05) is 10.4 Å². The van der Waals surface area contributed by atoms with Crippen LogP contribution in [-0.4, -0.2) is 72.6 Å². The Kier molecular flexibility index (Phi) is 6.71. The third-order valence-electron chi connectivity index (χ3n) is 5.69. The van der Waals surface area contributed by atoms with Gasteiger partial charge in [0.1, 0.15) is 24.7 Å². The first kappa shape index (κ1) is 22.5. The molecule has 2 fully saturated rings. The number of hydrogen-bond donors (Lipinski definition) is 1. The lowest BCUT2D eigenvalue weighted by Crippen LogP contribution is -2.35. The Bertz CT molecular complexity index is 1040. The van der Waals surface area contributed by atoms with Gasteiger partial charge in [0.05, 0.1) is 42.9 Å². The number of carbonyl (C=O) groups excluding carboxylic acids is 2. The number of carbonyl (C=O) groups is 2. The third-order valence-corrected chi connectivity index (χ3v) is 5.69. The number of rotatable bonds is 7. The van der Waals surface area contributed by atoms with Gasteiger partial charge in [-0.15, -0.1) is 5.10 Å². The van der Waals surface area contributed by atoms with Crippen molar-refractivity contribution in [1.29, 1.82) is 0 Å². The Labute approximate surface area is 190 Å². The molecule has 0 aliphatic carbocycles. The molecule has 176 valence electrons. The van der Waals surface area contributed by atoms with E-state index in [0.717, 1.165) is 12.8 Å². The van der Waals surface area contributed by atoms with Gasteiger partial charge in [-0.2, -0.15) is 0 Å². The fourth-order valence-corrected chi connectivity index (χ4v) is 4.02. The van der Waals surface area contributed by atoms with Crippen LogP contribution in [0.25, 0.3) is 0 Å². The summed E-state index contributed by atoms with van der Waals surface area (Å²) in [4.78, 5) is 31.3. The first-order valence-corrected chi connectivity index (χ1v) is 10.7. The van der Waals surface area contributed by atoms with Crippen LogP contribution in [0.15, 0.2) is 29.6 Å². The first-order chi connectivity index (χ1) is 15.9. The number of oxime groups is 1. The molecule has 3 heterocycles. The summed E-state index contributed by atoms with van der Waals surface area (Å²) in [6.07, 6.45) is 3.85. The number of piperidine rings is 1. The lowest BCUT2D eigenvalue weighted by atomic mass is 10.0. The second-order valence-electron chi connectivity index (χ2n) is 7.95. The van der Waals surface area contributed by atoms with E-state index in [1.54, 1.807) is 12.1 Å². The topological polar surface area (TPSA) is 114 Å². The van der Waals surface area contributed by atoms with E-state index in [1.165, 1.54) is 31.2 Å². The largest absolute Gasteiger partial charge is 0.442 e. The van der Waals surface area contributed by atoms with Crippen LogP contribution >= 0.6 is 0 Å². The lowest BCUT2D eigenvalue weighted by Gasteiger charge is -2.33. The standard InChI is InChI=1S/C21H26FN7O4/c1-14(30)23-11-18-13-28(21(31)33-18)17-3-4-20(19(22)9-17)27-7-5-16(6-8-27)29-12-15(25-26-29)10-24-32-2/h3-4,9-10,12,16,18H,5-8,11,13H2,1-2H3,(H,23,30)/t18-/m0/s1. The van der Waals surface area contributed by atoms with Crippen molar-refractivity contribution < 1.29 is 23.6 Å². The van der Waals surface area contributed by atoms with Crippen molar-refractivity contribution in [2.24, 2.45) is 5.16 Å². The minimum atomic E-state index is -0.555. The number of hydrogen-bond acceptors (Lipinski definition) is 8. The van der Waals surface area contributed by atoms with Crippen molar-refractivity contribution in [3.05, 3.63) is 35.9 Å². The molecule has 0 spiro atoms. The summed E-state index contributed by atoms with van der Waals surface area (Å²) in [7, 11) is 1.46. The van der Waals surface area contributed by atoms with Gasteiger partial charge in [-0.25, -0.2) is 13.9 Å². The van der Waals surface area contributed by atoms with E-state index < -0.39 is 18.0 Å². The number of nitrogens with zero attached hydrogens (tertiary/aromatic N) is 6. The van der Waals surface area contributed by atoms with Crippen LogP contribution < -0.4 is 15.1 Å². The minimum Gasteiger partial charge on any atom is -0.442 e. The van der Waals surface area contributed by atoms with Gasteiger partial charge in [-0.3, -0.25) is 9.69 Å². The van der Waals surface area contributed by atoms with Crippen molar-refractivity contribution >= 4 is 29.6 Å². The zero-order valence-electron chi connectivity index (χ0n) is 18.5. The molecule has 0 unspecified atom stereocenters. The second-order valence-corrected chi connectivity index (χ2v) is 7.95. The number of halogens is 1. The van der Waals surface area contributed by atoms with E-state index in [2.05, 4.69) is 25.6 Å². The molecule has 2 aromatic rings. The third kappa shape index (κ3) is 5.21. The smallest absolute Gasteiger partial charge is 0.414 e. The number of cyclic esters (lactones) is 1. The van der Waals surface area contributed by atoms with Crippen molar-refractivity contribution in [3.8, 4) is 0 Å². The molecule has 2 saturated heterocycles. The van der Waals surface area contributed by atoms with Crippen LogP contribution in [0.2, 0.25) is 0 Å². The highest BCUT2D eigenvalue weighted by Gasteiger charge is 2.33. The van der Waals surface area contributed by atoms with Gasteiger partial charge in [0.15, 0.2) is 0 Å². The van der Waals surface area contributed by atoms with Crippen LogP contribution in [0.5, 0.6) is 0 Å². The second kappa shape index (κ2) is 9.84. The molecular weight excluding hydrogens is 433 g/mol. The zero-order chi connectivity index (χ0) is 23.4. The van der Waals surface area contributed by atoms with E-state index in [9.17, 15) is 14.0 Å². The normalized spacial score (nSPS) is 19.2. The first-order valence-electron chi connectivity index (χ1n) is 10.7. The number of anilines is 2. The van der Waals surface area contributed by atoms with Crippen LogP contribution in [0, 0.1) is 5.82 Å². The summed E-state index contributed by atoms with van der Waals surface area (Å²) in [5, 5.41) is 14.5. The number of amides is 2. The molecule has 1 atom stereocenters. The molecule has 1 aromatic heterocycles. The zero-order valence-corrected chi connectivity index (χ0v) is 18.5. The van der Waals surface area contributed by atoms with Gasteiger partial charge in [-0.05, 0) is 31.0 Å². The van der Waals surface area contributed by atoms with Gasteiger partial charge >= 0.3 is 6.09 Å². The van der Waals surface area contributed by atoms with E-state index in [-0.39, 0.29) is 25.0 Å². The van der Waals surface area contributed by atoms with Crippen LogP contribution in [0.1, 0.15) is 31.5 Å². The number of aromatic nitrogens is 3. The molecule has 2 aliphatic heterocycles. The molecule has 1 aromatic carbocycles. The quantitative estimate of drug-likeness (QED) is 0.495. The van der Waals surface area contributed by atoms with E-state index in [1.807, 2.05) is 15.8 Å². The maximum absolute atomic E-state index is 15.0. The Balaban J connectivity index is 1.36. The molecule has 1 N–H and O–H groups in total. The average molecular weight is 459 g/mol. The molecule has 2 amide bonds. The lowest BCUT2D eigenvalue weighted by molar-refractivity contribution is -0.119. The molecule has 12 heteroatoms. The molecule has 2 aliphatic rings. The summed E-state index contributed by atoms with van der Waals surface area (Å²) in [6.45, 7) is 3.18. The Morgan fingerprint density at radius 3 is 2.88 bits per heavy atom. The highest BCUT2D eigenvalue weighted by atomic mass is 19.1. The Hall–Kier alpha value is -3.70. The summed E-state index contributed by atoms with van der Waals surface area (Å²) in [5.74, 6) is -0.601. The summed E-state index contributed by atoms with van der Waals surface area (Å²) >= 11 is 0. The van der Waals surface area contributed by atoms with Gasteiger partial charge < -0.3 is 19.8 Å². The number of ether oxygens (including phenoxy) is 1. The predicted molar refractivity (Wildman–Crippen MR) is 118 cm³/mol. The molecule has 0 radical (unpaired) electrons. The van der Waals surface area contributed by atoms with Crippen LogP contribution in [-0.2, 0) is 14.4 Å². The number of benzene rings is 1. The van der Waals surface area contributed by atoms with E-state index >= 15 is 0 Å². The van der Waals surface area contributed by atoms with Gasteiger partial charge in [0, 0.05) is 20.0 Å². The monoisotopic (exact) mass is 459 g/mol. The average Bonchev–Trinajstić information content (AvgIpc) is 3.43. The molecular formula is C21H26FN7O4. The van der Waals surface area contributed by atoms with Gasteiger partial charge in [0.25, 0.3) is 0 Å². The summed E-state index contributed by atoms with van der Waals surface area (Å²) in [5.41, 5.74) is 1.53. The molecule has 4 rings (SSSR count). The molecule has 33 heavy (non-hydrogen) atoms. The maximum Gasteiger partial charge on any atom is 0.414 e. The fourth-order valence-electron chi connectivity index (χ4n) is 4.02. The SMILES string of the molecule is CON=Cc1cn(C2CCN(c3ccc(N4C[C@H](CNC(C)=O)OC4=O)cc3F)CC2)nn1. The summed E-state index contributed by atoms with van der Waals surface area (Å²) < 4.78 is 22.0. The van der Waals surface area contributed by atoms with E-state index in [4.69, 9.17) is 4.74 Å². The Morgan fingerprint density at radius 1 is 1.39 bits per heavy atom. The van der Waals surface area contributed by atoms with Crippen molar-refractivity contribution in [2.75, 3.05) is 43.1 Å². The van der Waals surface area contributed by atoms with Crippen molar-refractivity contribution in [2.45, 2.75) is 31.9 Å². The maximum atomic E-state index is 15.0. The van der Waals surface area contributed by atoms with E-state index in [0.29, 0.717) is 30.2 Å². The Morgan fingerprint density at radius 2 is 2.18 bits per heavy atom. The summed E-state index contributed by atoms with van der Waals surface area (Å²) in [6, 6.07) is 4.92.